The maximum absolute atomic E-state index is 12.1. The molecular weight excluding hydrogens is 320 g/mol. The van der Waals surface area contributed by atoms with Crippen molar-refractivity contribution in [3.8, 4) is 0 Å². The molecule has 0 unspecified atom stereocenters. The van der Waals surface area contributed by atoms with Crippen LogP contribution in [0.5, 0.6) is 0 Å². The van der Waals surface area contributed by atoms with E-state index >= 15 is 0 Å². The summed E-state index contributed by atoms with van der Waals surface area (Å²) in [6.45, 7) is 0. The topological polar surface area (TPSA) is 66.9 Å². The molecule has 0 fully saturated rings. The van der Waals surface area contributed by atoms with E-state index in [1.54, 1.807) is 12.1 Å². The predicted molar refractivity (Wildman–Crippen MR) is 92.1 cm³/mol. The van der Waals surface area contributed by atoms with Crippen LogP contribution in [0, 0.1) is 0 Å². The average molecular weight is 338 g/mol. The summed E-state index contributed by atoms with van der Waals surface area (Å²) in [5.41, 5.74) is 2.54. The number of amides is 2. The molecule has 1 aliphatic rings. The molecule has 2 aromatic carbocycles. The van der Waals surface area contributed by atoms with Crippen molar-refractivity contribution in [3.05, 3.63) is 65.2 Å². The number of hydrogen-bond acceptors (Lipinski definition) is 5. The molecule has 0 aliphatic carbocycles. The number of nitrogens with zero attached hydrogens (tertiary/aromatic N) is 2. The van der Waals surface area contributed by atoms with Crippen molar-refractivity contribution in [1.82, 2.24) is 5.06 Å². The van der Waals surface area contributed by atoms with Gasteiger partial charge in [-0.2, -0.15) is 0 Å². The van der Waals surface area contributed by atoms with Crippen LogP contribution in [0.25, 0.3) is 0 Å². The summed E-state index contributed by atoms with van der Waals surface area (Å²) in [6, 6.07) is 14.2. The Bertz CT molecular complexity index is 793. The molecule has 0 saturated carbocycles. The second-order valence-electron chi connectivity index (χ2n) is 5.97. The lowest BCUT2D eigenvalue weighted by Crippen LogP contribution is -2.32. The highest BCUT2D eigenvalue weighted by molar-refractivity contribution is 6.20. The first-order valence-electron chi connectivity index (χ1n) is 7.92. The molecule has 3 rings (SSSR count). The smallest absolute Gasteiger partial charge is 0.333 e. The van der Waals surface area contributed by atoms with E-state index < -0.39 is 17.8 Å². The molecule has 0 N–H and O–H groups in total. The number of rotatable bonds is 5. The fourth-order valence-corrected chi connectivity index (χ4v) is 2.60. The minimum atomic E-state index is -0.619. The van der Waals surface area contributed by atoms with Gasteiger partial charge in [0.05, 0.1) is 17.5 Å². The Morgan fingerprint density at radius 3 is 2.04 bits per heavy atom. The molecule has 128 valence electrons. The van der Waals surface area contributed by atoms with Crippen molar-refractivity contribution in [3.63, 3.8) is 0 Å². The first kappa shape index (κ1) is 16.7. The number of imide groups is 1. The van der Waals surface area contributed by atoms with Gasteiger partial charge in [-0.05, 0) is 36.2 Å². The van der Waals surface area contributed by atoms with Crippen molar-refractivity contribution in [2.75, 3.05) is 19.0 Å². The van der Waals surface area contributed by atoms with Crippen molar-refractivity contribution in [2.45, 2.75) is 12.8 Å². The maximum Gasteiger partial charge on any atom is 0.333 e. The molecule has 0 atom stereocenters. The number of hydroxylamine groups is 2. The molecule has 0 aromatic heterocycles. The Morgan fingerprint density at radius 1 is 0.960 bits per heavy atom. The molecule has 0 saturated heterocycles. The highest BCUT2D eigenvalue weighted by atomic mass is 16.7. The second-order valence-corrected chi connectivity index (χ2v) is 5.97. The molecule has 6 nitrogen and oxygen atoms in total. The molecule has 6 heteroatoms. The lowest BCUT2D eigenvalue weighted by Gasteiger charge is -2.13. The van der Waals surface area contributed by atoms with E-state index in [0.717, 1.165) is 11.3 Å². The van der Waals surface area contributed by atoms with Crippen LogP contribution < -0.4 is 4.90 Å². The first-order chi connectivity index (χ1) is 12.0. The monoisotopic (exact) mass is 338 g/mol. The van der Waals surface area contributed by atoms with Gasteiger partial charge in [-0.15, -0.1) is 0 Å². The zero-order valence-corrected chi connectivity index (χ0v) is 14.1. The standard InChI is InChI=1S/C19H18N2O4/c1-20(2)14-10-7-13(8-11-14)9-12-17(22)25-21-18(23)15-5-3-4-6-16(15)19(21)24/h3-8,10-11H,9,12H2,1-2H3. The Hall–Kier alpha value is -3.15. The van der Waals surface area contributed by atoms with E-state index in [9.17, 15) is 14.4 Å². The molecule has 2 aromatic rings. The van der Waals surface area contributed by atoms with Crippen LogP contribution in [0.4, 0.5) is 5.69 Å². The normalized spacial score (nSPS) is 13.0. The lowest BCUT2D eigenvalue weighted by molar-refractivity contribution is -0.168. The van der Waals surface area contributed by atoms with E-state index in [0.29, 0.717) is 11.5 Å². The highest BCUT2D eigenvalue weighted by Crippen LogP contribution is 2.23. The van der Waals surface area contributed by atoms with Gasteiger partial charge in [-0.1, -0.05) is 29.3 Å². The summed E-state index contributed by atoms with van der Waals surface area (Å²) in [4.78, 5) is 43.3. The summed E-state index contributed by atoms with van der Waals surface area (Å²) in [5, 5.41) is 0.544. The van der Waals surface area contributed by atoms with E-state index in [1.165, 1.54) is 12.1 Å². The van der Waals surface area contributed by atoms with Gasteiger partial charge in [0.2, 0.25) is 0 Å². The minimum Gasteiger partial charge on any atom is -0.378 e. The van der Waals surface area contributed by atoms with Gasteiger partial charge in [0, 0.05) is 19.8 Å². The van der Waals surface area contributed by atoms with Crippen LogP contribution in [-0.4, -0.2) is 36.9 Å². The third-order valence-electron chi connectivity index (χ3n) is 4.02. The van der Waals surface area contributed by atoms with E-state index in [-0.39, 0.29) is 17.5 Å². The summed E-state index contributed by atoms with van der Waals surface area (Å²) in [6.07, 6.45) is 0.546. The predicted octanol–water partition coefficient (Wildman–Crippen LogP) is 2.44. The van der Waals surface area contributed by atoms with Crippen LogP contribution in [0.1, 0.15) is 32.7 Å². The fraction of sp³-hybridized carbons (Fsp3) is 0.211. The van der Waals surface area contributed by atoms with Crippen molar-refractivity contribution < 1.29 is 19.2 Å². The summed E-state index contributed by atoms with van der Waals surface area (Å²) >= 11 is 0. The number of benzene rings is 2. The molecule has 0 spiro atoms. The van der Waals surface area contributed by atoms with Gasteiger partial charge in [0.15, 0.2) is 0 Å². The molecular formula is C19H18N2O4. The number of carbonyl (C=O) groups excluding carboxylic acids is 3. The number of hydrogen-bond donors (Lipinski definition) is 0. The van der Waals surface area contributed by atoms with Gasteiger partial charge in [-0.25, -0.2) is 4.79 Å². The van der Waals surface area contributed by atoms with Crippen LogP contribution in [0.3, 0.4) is 0 Å². The van der Waals surface area contributed by atoms with E-state index in [2.05, 4.69) is 0 Å². The van der Waals surface area contributed by atoms with Gasteiger partial charge >= 0.3 is 5.97 Å². The third kappa shape index (κ3) is 3.38. The Morgan fingerprint density at radius 2 is 1.52 bits per heavy atom. The fourth-order valence-electron chi connectivity index (χ4n) is 2.60. The van der Waals surface area contributed by atoms with E-state index in [4.69, 9.17) is 4.84 Å². The number of carbonyl (C=O) groups is 3. The van der Waals surface area contributed by atoms with Crippen LogP contribution in [0.2, 0.25) is 0 Å². The quantitative estimate of drug-likeness (QED) is 0.784. The van der Waals surface area contributed by atoms with Crippen molar-refractivity contribution in [2.24, 2.45) is 0 Å². The number of fused-ring (bicyclic) bond motifs is 1. The summed E-state index contributed by atoms with van der Waals surface area (Å²) < 4.78 is 0. The third-order valence-corrected chi connectivity index (χ3v) is 4.02. The van der Waals surface area contributed by atoms with Crippen molar-refractivity contribution in [1.29, 1.82) is 0 Å². The van der Waals surface area contributed by atoms with Gasteiger partial charge in [-0.3, -0.25) is 9.59 Å². The maximum atomic E-state index is 12.1. The van der Waals surface area contributed by atoms with Crippen LogP contribution in [0.15, 0.2) is 48.5 Å². The zero-order valence-electron chi connectivity index (χ0n) is 14.1. The molecule has 0 radical (unpaired) electrons. The molecule has 0 bridgehead atoms. The average Bonchev–Trinajstić information content (AvgIpc) is 2.86. The summed E-state index contributed by atoms with van der Waals surface area (Å²) in [7, 11) is 3.91. The van der Waals surface area contributed by atoms with Gasteiger partial charge < -0.3 is 9.74 Å². The lowest BCUT2D eigenvalue weighted by atomic mass is 10.1. The molecule has 2 amide bonds. The Balaban J connectivity index is 1.58. The van der Waals surface area contributed by atoms with E-state index in [1.807, 2.05) is 43.3 Å². The number of anilines is 1. The molecule has 1 heterocycles. The highest BCUT2D eigenvalue weighted by Gasteiger charge is 2.38. The minimum absolute atomic E-state index is 0.0781. The SMILES string of the molecule is CN(C)c1ccc(CCC(=O)ON2C(=O)c3ccccc3C2=O)cc1. The van der Waals surface area contributed by atoms with Crippen molar-refractivity contribution >= 4 is 23.5 Å². The molecule has 1 aliphatic heterocycles. The first-order valence-corrected chi connectivity index (χ1v) is 7.92. The second kappa shape index (κ2) is 6.76. The van der Waals surface area contributed by atoms with Gasteiger partial charge in [0.1, 0.15) is 0 Å². The van der Waals surface area contributed by atoms with Crippen LogP contribution >= 0.6 is 0 Å². The summed E-state index contributed by atoms with van der Waals surface area (Å²) in [5.74, 6) is -1.83. The Labute approximate surface area is 145 Å². The van der Waals surface area contributed by atoms with Crippen LogP contribution in [-0.2, 0) is 16.1 Å². The van der Waals surface area contributed by atoms with Gasteiger partial charge in [0.25, 0.3) is 11.8 Å². The zero-order chi connectivity index (χ0) is 18.0. The molecule has 25 heavy (non-hydrogen) atoms. The number of aryl methyl sites for hydroxylation is 1. The largest absolute Gasteiger partial charge is 0.378 e. The Kier molecular flexibility index (Phi) is 4.52.